The predicted octanol–water partition coefficient (Wildman–Crippen LogP) is 3.28. The Morgan fingerprint density at radius 3 is 2.71 bits per heavy atom. The molecule has 1 fully saturated rings. The number of carbonyl (C=O) groups excluding carboxylic acids is 1. The summed E-state index contributed by atoms with van der Waals surface area (Å²) >= 11 is 0. The Hall–Kier alpha value is -1.39. The number of carbonyl (C=O) groups is 1. The lowest BCUT2D eigenvalue weighted by atomic mass is 9.96. The van der Waals surface area contributed by atoms with E-state index >= 15 is 0 Å². The van der Waals surface area contributed by atoms with E-state index in [1.807, 2.05) is 50.1 Å². The summed E-state index contributed by atoms with van der Waals surface area (Å²) in [7, 11) is 1.88. The molecule has 0 spiro atoms. The number of nitrogens with zero attached hydrogens (tertiary/aromatic N) is 1. The van der Waals surface area contributed by atoms with Gasteiger partial charge in [-0.3, -0.25) is 4.79 Å². The van der Waals surface area contributed by atoms with Gasteiger partial charge in [0.25, 0.3) is 5.91 Å². The minimum atomic E-state index is -0.680. The molecule has 24 heavy (non-hydrogen) atoms. The van der Waals surface area contributed by atoms with Crippen LogP contribution < -0.4 is 0 Å². The van der Waals surface area contributed by atoms with Gasteiger partial charge < -0.3 is 14.7 Å². The standard InChI is InChI=1S/C20H31NO3/c1-20(2,23)11-7-17-5-4-6-18(15-17)19(22)21(3)12-8-16-9-13-24-14-10-16/h4-6,15-16,23H,7-14H2,1-3H3. The van der Waals surface area contributed by atoms with Crippen molar-refractivity contribution in [1.82, 2.24) is 4.90 Å². The van der Waals surface area contributed by atoms with Gasteiger partial charge in [0.1, 0.15) is 0 Å². The second-order valence-corrected chi connectivity index (χ2v) is 7.58. The molecular weight excluding hydrogens is 302 g/mol. The summed E-state index contributed by atoms with van der Waals surface area (Å²) in [6, 6.07) is 7.78. The zero-order chi connectivity index (χ0) is 17.6. The normalized spacial score (nSPS) is 16.2. The molecule has 1 heterocycles. The van der Waals surface area contributed by atoms with Crippen molar-refractivity contribution in [2.45, 2.75) is 51.6 Å². The summed E-state index contributed by atoms with van der Waals surface area (Å²) in [5, 5.41) is 9.86. The molecule has 1 aromatic carbocycles. The Morgan fingerprint density at radius 2 is 2.04 bits per heavy atom. The van der Waals surface area contributed by atoms with E-state index in [-0.39, 0.29) is 5.91 Å². The fraction of sp³-hybridized carbons (Fsp3) is 0.650. The Balaban J connectivity index is 1.88. The van der Waals surface area contributed by atoms with Gasteiger partial charge >= 0.3 is 0 Å². The van der Waals surface area contributed by atoms with Gasteiger partial charge in [0, 0.05) is 32.4 Å². The number of ether oxygens (including phenoxy) is 1. The third kappa shape index (κ3) is 6.25. The highest BCUT2D eigenvalue weighted by Gasteiger charge is 2.18. The summed E-state index contributed by atoms with van der Waals surface area (Å²) in [6.07, 6.45) is 4.72. The quantitative estimate of drug-likeness (QED) is 0.833. The minimum absolute atomic E-state index is 0.0761. The van der Waals surface area contributed by atoms with Crippen LogP contribution in [0, 0.1) is 5.92 Å². The van der Waals surface area contributed by atoms with Crippen LogP contribution in [0.25, 0.3) is 0 Å². The fourth-order valence-electron chi connectivity index (χ4n) is 3.04. The van der Waals surface area contributed by atoms with Gasteiger partial charge in [-0.2, -0.15) is 0 Å². The second-order valence-electron chi connectivity index (χ2n) is 7.58. The molecule has 4 nitrogen and oxygen atoms in total. The Morgan fingerprint density at radius 1 is 1.33 bits per heavy atom. The van der Waals surface area contributed by atoms with Crippen molar-refractivity contribution in [3.63, 3.8) is 0 Å². The third-order valence-electron chi connectivity index (χ3n) is 4.76. The number of amides is 1. The van der Waals surface area contributed by atoms with Gasteiger partial charge in [0.05, 0.1) is 5.60 Å². The molecule has 1 saturated heterocycles. The van der Waals surface area contributed by atoms with Crippen LogP contribution in [-0.2, 0) is 11.2 Å². The van der Waals surface area contributed by atoms with Crippen molar-refractivity contribution in [3.8, 4) is 0 Å². The first-order chi connectivity index (χ1) is 11.3. The SMILES string of the molecule is CN(CCC1CCOCC1)C(=O)c1cccc(CCC(C)(C)O)c1. The van der Waals surface area contributed by atoms with Crippen molar-refractivity contribution >= 4 is 5.91 Å². The highest BCUT2D eigenvalue weighted by molar-refractivity contribution is 5.94. The molecule has 1 N–H and O–H groups in total. The van der Waals surface area contributed by atoms with Crippen LogP contribution in [0.1, 0.15) is 55.5 Å². The highest BCUT2D eigenvalue weighted by atomic mass is 16.5. The van der Waals surface area contributed by atoms with Crippen LogP contribution in [0.3, 0.4) is 0 Å². The van der Waals surface area contributed by atoms with Gasteiger partial charge in [0.2, 0.25) is 0 Å². The average molecular weight is 333 g/mol. The molecule has 0 bridgehead atoms. The van der Waals surface area contributed by atoms with Gasteiger partial charge in [0.15, 0.2) is 0 Å². The smallest absolute Gasteiger partial charge is 0.253 e. The van der Waals surface area contributed by atoms with Crippen LogP contribution in [0.15, 0.2) is 24.3 Å². The Labute approximate surface area is 145 Å². The van der Waals surface area contributed by atoms with E-state index in [2.05, 4.69) is 0 Å². The molecule has 4 heteroatoms. The largest absolute Gasteiger partial charge is 0.390 e. The maximum absolute atomic E-state index is 12.6. The summed E-state index contributed by atoms with van der Waals surface area (Å²) in [4.78, 5) is 14.4. The molecular formula is C20H31NO3. The second kappa shape index (κ2) is 8.63. The van der Waals surface area contributed by atoms with Crippen LogP contribution in [0.5, 0.6) is 0 Å². The third-order valence-corrected chi connectivity index (χ3v) is 4.76. The summed E-state index contributed by atoms with van der Waals surface area (Å²) in [6.45, 7) is 6.12. The van der Waals surface area contributed by atoms with E-state index < -0.39 is 5.60 Å². The van der Waals surface area contributed by atoms with E-state index in [1.165, 1.54) is 0 Å². The molecule has 1 amide bonds. The molecule has 1 aliphatic heterocycles. The number of aliphatic hydroxyl groups is 1. The first kappa shape index (κ1) is 18.9. The van der Waals surface area contributed by atoms with E-state index in [0.29, 0.717) is 12.3 Å². The number of benzene rings is 1. The molecule has 0 radical (unpaired) electrons. The molecule has 0 aliphatic carbocycles. The van der Waals surface area contributed by atoms with E-state index in [4.69, 9.17) is 4.74 Å². The van der Waals surface area contributed by atoms with Crippen molar-refractivity contribution in [1.29, 1.82) is 0 Å². The summed E-state index contributed by atoms with van der Waals surface area (Å²) in [5.41, 5.74) is 1.15. The first-order valence-electron chi connectivity index (χ1n) is 9.00. The lowest BCUT2D eigenvalue weighted by Crippen LogP contribution is -2.30. The van der Waals surface area contributed by atoms with Crippen LogP contribution in [0.4, 0.5) is 0 Å². The molecule has 0 saturated carbocycles. The first-order valence-corrected chi connectivity index (χ1v) is 9.00. The molecule has 134 valence electrons. The van der Waals surface area contributed by atoms with E-state index in [0.717, 1.165) is 56.6 Å². The maximum Gasteiger partial charge on any atom is 0.253 e. The number of hydrogen-bond donors (Lipinski definition) is 1. The summed E-state index contributed by atoms with van der Waals surface area (Å²) < 4.78 is 5.38. The van der Waals surface area contributed by atoms with Crippen molar-refractivity contribution < 1.29 is 14.6 Å². The zero-order valence-corrected chi connectivity index (χ0v) is 15.3. The lowest BCUT2D eigenvalue weighted by Gasteiger charge is -2.25. The van der Waals surface area contributed by atoms with Gasteiger partial charge in [-0.05, 0) is 69.6 Å². The number of hydrogen-bond acceptors (Lipinski definition) is 3. The maximum atomic E-state index is 12.6. The van der Waals surface area contributed by atoms with Gasteiger partial charge in [-0.15, -0.1) is 0 Å². The highest BCUT2D eigenvalue weighted by Crippen LogP contribution is 2.19. The van der Waals surface area contributed by atoms with Crippen molar-refractivity contribution in [2.24, 2.45) is 5.92 Å². The fourth-order valence-corrected chi connectivity index (χ4v) is 3.04. The molecule has 0 atom stereocenters. The van der Waals surface area contributed by atoms with E-state index in [1.54, 1.807) is 0 Å². The predicted molar refractivity (Wildman–Crippen MR) is 96.2 cm³/mol. The molecule has 0 aromatic heterocycles. The zero-order valence-electron chi connectivity index (χ0n) is 15.3. The topological polar surface area (TPSA) is 49.8 Å². The van der Waals surface area contributed by atoms with Crippen LogP contribution in [0.2, 0.25) is 0 Å². The van der Waals surface area contributed by atoms with E-state index in [9.17, 15) is 9.90 Å². The van der Waals surface area contributed by atoms with Gasteiger partial charge in [-0.25, -0.2) is 0 Å². The molecule has 1 aromatic rings. The van der Waals surface area contributed by atoms with Crippen LogP contribution in [-0.4, -0.2) is 48.3 Å². The van der Waals surface area contributed by atoms with Gasteiger partial charge in [-0.1, -0.05) is 12.1 Å². The minimum Gasteiger partial charge on any atom is -0.390 e. The molecule has 1 aliphatic rings. The molecule has 0 unspecified atom stereocenters. The summed E-state index contributed by atoms with van der Waals surface area (Å²) in [5.74, 6) is 0.749. The lowest BCUT2D eigenvalue weighted by molar-refractivity contribution is 0.0583. The van der Waals surface area contributed by atoms with Crippen LogP contribution >= 0.6 is 0 Å². The molecule has 2 rings (SSSR count). The number of rotatable bonds is 7. The van der Waals surface area contributed by atoms with Crippen molar-refractivity contribution in [3.05, 3.63) is 35.4 Å². The number of aryl methyl sites for hydroxylation is 1. The van der Waals surface area contributed by atoms with Crippen molar-refractivity contribution in [2.75, 3.05) is 26.8 Å². The Kier molecular flexibility index (Phi) is 6.81. The Bertz CT molecular complexity index is 530. The average Bonchev–Trinajstić information content (AvgIpc) is 2.58. The monoisotopic (exact) mass is 333 g/mol.